The van der Waals surface area contributed by atoms with Gasteiger partial charge in [-0.15, -0.1) is 0 Å². The lowest BCUT2D eigenvalue weighted by Crippen LogP contribution is -2.06. The van der Waals surface area contributed by atoms with Crippen molar-refractivity contribution >= 4 is 17.0 Å². The third-order valence-corrected chi connectivity index (χ3v) is 4.12. The molecule has 0 atom stereocenters. The molecule has 3 heterocycles. The third kappa shape index (κ3) is 2.71. The molecule has 1 aromatic carbocycles. The van der Waals surface area contributed by atoms with Crippen LogP contribution in [0.3, 0.4) is 0 Å². The molecule has 0 bridgehead atoms. The number of pyridine rings is 1. The molecule has 3 aromatic heterocycles. The summed E-state index contributed by atoms with van der Waals surface area (Å²) in [6.07, 6.45) is 4.98. The number of aromatic nitrogens is 5. The van der Waals surface area contributed by atoms with Crippen LogP contribution >= 0.6 is 0 Å². The average molecular weight is 351 g/mol. The lowest BCUT2D eigenvalue weighted by atomic mass is 10.1. The van der Waals surface area contributed by atoms with Crippen LogP contribution < -0.4 is 0 Å². The van der Waals surface area contributed by atoms with Gasteiger partial charge in [0.1, 0.15) is 11.3 Å². The molecule has 0 amide bonds. The Morgan fingerprint density at radius 2 is 2.12 bits per heavy atom. The molecule has 0 unspecified atom stereocenters. The highest BCUT2D eigenvalue weighted by atomic mass is 19.1. The van der Waals surface area contributed by atoms with E-state index >= 15 is 0 Å². The molecule has 4 aromatic rings. The van der Waals surface area contributed by atoms with Crippen LogP contribution in [-0.2, 0) is 13.6 Å². The van der Waals surface area contributed by atoms with Crippen LogP contribution in [0.4, 0.5) is 4.39 Å². The number of aryl methyl sites for hydroxylation is 1. The standard InChI is InChI=1S/C18H14FN5O2/c1-23-9-13(8-21-23)11-4-5-12(14(19)7-11)10-24-15-3-2-6-20-16(15)17(22-24)18(25)26/h2-9H,10H2,1H3,(H,25,26). The zero-order valence-corrected chi connectivity index (χ0v) is 13.8. The highest BCUT2D eigenvalue weighted by Gasteiger charge is 2.18. The van der Waals surface area contributed by atoms with Crippen LogP contribution in [0.2, 0.25) is 0 Å². The molecule has 0 saturated heterocycles. The Morgan fingerprint density at radius 3 is 2.81 bits per heavy atom. The lowest BCUT2D eigenvalue weighted by Gasteiger charge is -2.07. The van der Waals surface area contributed by atoms with Crippen molar-refractivity contribution in [1.29, 1.82) is 0 Å². The van der Waals surface area contributed by atoms with Gasteiger partial charge in [0.15, 0.2) is 5.69 Å². The molecular weight excluding hydrogens is 337 g/mol. The molecule has 0 radical (unpaired) electrons. The summed E-state index contributed by atoms with van der Waals surface area (Å²) in [7, 11) is 1.80. The molecule has 4 rings (SSSR count). The van der Waals surface area contributed by atoms with Gasteiger partial charge in [-0.1, -0.05) is 12.1 Å². The Morgan fingerprint density at radius 1 is 1.27 bits per heavy atom. The topological polar surface area (TPSA) is 85.8 Å². The van der Waals surface area contributed by atoms with Crippen LogP contribution in [0.25, 0.3) is 22.2 Å². The van der Waals surface area contributed by atoms with Crippen molar-refractivity contribution in [2.75, 3.05) is 0 Å². The summed E-state index contributed by atoms with van der Waals surface area (Å²) in [6.45, 7) is 0.106. The summed E-state index contributed by atoms with van der Waals surface area (Å²) in [5.41, 5.74) is 2.63. The average Bonchev–Trinajstić information content (AvgIpc) is 3.21. The highest BCUT2D eigenvalue weighted by Crippen LogP contribution is 2.23. The van der Waals surface area contributed by atoms with Crippen LogP contribution in [0.15, 0.2) is 48.9 Å². The molecule has 130 valence electrons. The predicted molar refractivity (Wildman–Crippen MR) is 92.2 cm³/mol. The quantitative estimate of drug-likeness (QED) is 0.611. The van der Waals surface area contributed by atoms with Crippen molar-refractivity contribution in [2.45, 2.75) is 6.54 Å². The van der Waals surface area contributed by atoms with Gasteiger partial charge < -0.3 is 5.11 Å². The Labute approximate surface area is 147 Å². The molecule has 26 heavy (non-hydrogen) atoms. The molecule has 8 heteroatoms. The fraction of sp³-hybridized carbons (Fsp3) is 0.111. The van der Waals surface area contributed by atoms with Gasteiger partial charge in [-0.25, -0.2) is 9.18 Å². The molecule has 0 aliphatic rings. The molecule has 0 spiro atoms. The van der Waals surface area contributed by atoms with Crippen LogP contribution in [0.5, 0.6) is 0 Å². The SMILES string of the molecule is Cn1cc(-c2ccc(Cn3nc(C(=O)O)c4ncccc43)c(F)c2)cn1. The number of benzene rings is 1. The van der Waals surface area contributed by atoms with Gasteiger partial charge in [0, 0.05) is 30.6 Å². The van der Waals surface area contributed by atoms with E-state index in [9.17, 15) is 14.3 Å². The summed E-state index contributed by atoms with van der Waals surface area (Å²) in [4.78, 5) is 15.4. The van der Waals surface area contributed by atoms with Crippen molar-refractivity contribution in [3.05, 3.63) is 66.0 Å². The van der Waals surface area contributed by atoms with E-state index in [0.717, 1.165) is 11.1 Å². The van der Waals surface area contributed by atoms with Crippen LogP contribution in [0, 0.1) is 5.82 Å². The van der Waals surface area contributed by atoms with Gasteiger partial charge in [0.25, 0.3) is 0 Å². The second-order valence-corrected chi connectivity index (χ2v) is 5.89. The minimum Gasteiger partial charge on any atom is -0.476 e. The van der Waals surface area contributed by atoms with Crippen molar-refractivity contribution in [1.82, 2.24) is 24.5 Å². The number of carboxylic acid groups (broad SMARTS) is 1. The zero-order valence-electron chi connectivity index (χ0n) is 13.8. The monoisotopic (exact) mass is 351 g/mol. The fourth-order valence-electron chi connectivity index (χ4n) is 2.86. The van der Waals surface area contributed by atoms with Crippen molar-refractivity contribution in [2.24, 2.45) is 7.05 Å². The summed E-state index contributed by atoms with van der Waals surface area (Å²) in [5.74, 6) is -1.56. The molecule has 0 aliphatic carbocycles. The lowest BCUT2D eigenvalue weighted by molar-refractivity contribution is 0.0691. The number of rotatable bonds is 4. The number of hydrogen-bond donors (Lipinski definition) is 1. The molecule has 0 aliphatic heterocycles. The minimum atomic E-state index is -1.17. The highest BCUT2D eigenvalue weighted by molar-refractivity contribution is 5.99. The second-order valence-electron chi connectivity index (χ2n) is 5.89. The number of nitrogens with zero attached hydrogens (tertiary/aromatic N) is 5. The first-order chi connectivity index (χ1) is 12.5. The first-order valence-electron chi connectivity index (χ1n) is 7.85. The maximum absolute atomic E-state index is 14.6. The normalized spacial score (nSPS) is 11.2. The van der Waals surface area contributed by atoms with Gasteiger partial charge in [-0.05, 0) is 23.8 Å². The third-order valence-electron chi connectivity index (χ3n) is 4.12. The van der Waals surface area contributed by atoms with E-state index in [0.29, 0.717) is 11.1 Å². The van der Waals surface area contributed by atoms with E-state index in [1.807, 2.05) is 0 Å². The van der Waals surface area contributed by atoms with E-state index in [-0.39, 0.29) is 17.8 Å². The van der Waals surface area contributed by atoms with Gasteiger partial charge in [-0.2, -0.15) is 10.2 Å². The fourth-order valence-corrected chi connectivity index (χ4v) is 2.86. The number of hydrogen-bond acceptors (Lipinski definition) is 4. The van der Waals surface area contributed by atoms with Crippen LogP contribution in [0.1, 0.15) is 16.1 Å². The summed E-state index contributed by atoms with van der Waals surface area (Å²) in [5, 5.41) is 17.5. The molecular formula is C18H14FN5O2. The van der Waals surface area contributed by atoms with Crippen molar-refractivity contribution in [3.8, 4) is 11.1 Å². The Kier molecular flexibility index (Phi) is 3.72. The van der Waals surface area contributed by atoms with Crippen molar-refractivity contribution in [3.63, 3.8) is 0 Å². The largest absolute Gasteiger partial charge is 0.476 e. The molecule has 0 saturated carbocycles. The molecule has 1 N–H and O–H groups in total. The van der Waals surface area contributed by atoms with Crippen LogP contribution in [-0.4, -0.2) is 35.6 Å². The van der Waals surface area contributed by atoms with Gasteiger partial charge >= 0.3 is 5.97 Å². The first-order valence-corrected chi connectivity index (χ1v) is 7.85. The van der Waals surface area contributed by atoms with E-state index in [4.69, 9.17) is 0 Å². The van der Waals surface area contributed by atoms with E-state index in [2.05, 4.69) is 15.2 Å². The second kappa shape index (κ2) is 6.07. The van der Waals surface area contributed by atoms with Gasteiger partial charge in [-0.3, -0.25) is 14.3 Å². The Hall–Kier alpha value is -3.55. The predicted octanol–water partition coefficient (Wildman–Crippen LogP) is 2.72. The van der Waals surface area contributed by atoms with Gasteiger partial charge in [0.05, 0.1) is 18.3 Å². The number of fused-ring (bicyclic) bond motifs is 1. The maximum Gasteiger partial charge on any atom is 0.358 e. The Balaban J connectivity index is 1.72. The zero-order chi connectivity index (χ0) is 18.3. The van der Waals surface area contributed by atoms with E-state index < -0.39 is 11.8 Å². The number of halogens is 1. The summed E-state index contributed by atoms with van der Waals surface area (Å²) < 4.78 is 17.7. The first kappa shape index (κ1) is 15.9. The van der Waals surface area contributed by atoms with E-state index in [1.165, 1.54) is 16.9 Å². The maximum atomic E-state index is 14.6. The molecule has 7 nitrogen and oxygen atoms in total. The van der Waals surface area contributed by atoms with Gasteiger partial charge in [0.2, 0.25) is 0 Å². The number of carboxylic acids is 1. The molecule has 0 fully saturated rings. The minimum absolute atomic E-state index is 0.106. The Bertz CT molecular complexity index is 1130. The smallest absolute Gasteiger partial charge is 0.358 e. The van der Waals surface area contributed by atoms with Crippen molar-refractivity contribution < 1.29 is 14.3 Å². The summed E-state index contributed by atoms with van der Waals surface area (Å²) in [6, 6.07) is 8.31. The number of carbonyl (C=O) groups is 1. The number of aromatic carboxylic acids is 1. The van der Waals surface area contributed by atoms with E-state index in [1.54, 1.807) is 48.4 Å². The summed E-state index contributed by atoms with van der Waals surface area (Å²) >= 11 is 0.